The molecular weight excluding hydrogens is 402 g/mol. The number of aromatic amines is 1. The minimum atomic E-state index is -0.132. The van der Waals surface area contributed by atoms with Crippen LogP contribution in [-0.2, 0) is 13.2 Å². The molecule has 7 nitrogen and oxygen atoms in total. The summed E-state index contributed by atoms with van der Waals surface area (Å²) in [6.45, 7) is 2.67. The van der Waals surface area contributed by atoms with Crippen molar-refractivity contribution in [3.05, 3.63) is 95.7 Å². The maximum absolute atomic E-state index is 13.2. The lowest BCUT2D eigenvalue weighted by Gasteiger charge is -2.18. The zero-order valence-electron chi connectivity index (χ0n) is 17.9. The van der Waals surface area contributed by atoms with E-state index in [9.17, 15) is 4.79 Å². The second-order valence-electron chi connectivity index (χ2n) is 7.80. The minimum Gasteiger partial charge on any atom is -0.486 e. The summed E-state index contributed by atoms with van der Waals surface area (Å²) in [5.74, 6) is 1.13. The predicted octanol–water partition coefficient (Wildman–Crippen LogP) is 4.37. The number of nitrogens with one attached hydrogen (secondary N) is 1. The van der Waals surface area contributed by atoms with Gasteiger partial charge in [0.25, 0.3) is 5.91 Å². The molecule has 0 radical (unpaired) electrons. The van der Waals surface area contributed by atoms with Crippen molar-refractivity contribution in [2.75, 3.05) is 7.05 Å². The van der Waals surface area contributed by atoms with E-state index in [0.717, 1.165) is 33.8 Å². The lowest BCUT2D eigenvalue weighted by Crippen LogP contribution is -2.27. The number of hydrogen-bond donors (Lipinski definition) is 1. The Hall–Kier alpha value is -4.13. The molecule has 5 aromatic rings. The third kappa shape index (κ3) is 3.80. The first kappa shape index (κ1) is 19.8. The average molecular weight is 425 g/mol. The van der Waals surface area contributed by atoms with E-state index in [4.69, 9.17) is 4.74 Å². The molecule has 1 amide bonds. The molecule has 0 saturated carbocycles. The van der Waals surface area contributed by atoms with Crippen molar-refractivity contribution >= 4 is 22.6 Å². The smallest absolute Gasteiger partial charge is 0.257 e. The van der Waals surface area contributed by atoms with E-state index in [-0.39, 0.29) is 12.5 Å². The number of para-hydroxylation sites is 3. The van der Waals surface area contributed by atoms with Crippen molar-refractivity contribution in [3.63, 3.8) is 0 Å². The predicted molar refractivity (Wildman–Crippen MR) is 123 cm³/mol. The van der Waals surface area contributed by atoms with Crippen LogP contribution in [0.1, 0.15) is 27.4 Å². The molecule has 1 N–H and O–H groups in total. The van der Waals surface area contributed by atoms with E-state index in [1.54, 1.807) is 18.0 Å². The summed E-state index contributed by atoms with van der Waals surface area (Å²) in [6, 6.07) is 19.1. The van der Waals surface area contributed by atoms with Gasteiger partial charge in [-0.2, -0.15) is 0 Å². The molecule has 0 aliphatic rings. The normalized spacial score (nSPS) is 11.2. The molecule has 2 aromatic carbocycles. The van der Waals surface area contributed by atoms with Gasteiger partial charge in [0, 0.05) is 19.4 Å². The Balaban J connectivity index is 1.32. The van der Waals surface area contributed by atoms with E-state index in [1.165, 1.54) is 0 Å². The summed E-state index contributed by atoms with van der Waals surface area (Å²) in [7, 11) is 1.76. The monoisotopic (exact) mass is 425 g/mol. The first-order valence-electron chi connectivity index (χ1n) is 10.4. The summed E-state index contributed by atoms with van der Waals surface area (Å²) in [5, 5.41) is 0. The number of fused-ring (bicyclic) bond motifs is 2. The fourth-order valence-electron chi connectivity index (χ4n) is 3.78. The molecule has 0 aliphatic carbocycles. The second kappa shape index (κ2) is 8.19. The lowest BCUT2D eigenvalue weighted by atomic mass is 10.1. The van der Waals surface area contributed by atoms with Crippen LogP contribution in [0.25, 0.3) is 16.7 Å². The lowest BCUT2D eigenvalue weighted by molar-refractivity contribution is 0.0777. The van der Waals surface area contributed by atoms with E-state index in [0.29, 0.717) is 17.9 Å². The standard InChI is InChI=1S/C25H23N5O2/c1-17-8-7-13-30-14-18(26-24(17)30)16-32-22-12-6-3-9-19(22)25(31)29(2)15-23-27-20-10-4-5-11-21(20)28-23/h3-14H,15-16H2,1-2H3,(H,27,28). The third-order valence-corrected chi connectivity index (χ3v) is 5.39. The van der Waals surface area contributed by atoms with Crippen LogP contribution in [0.3, 0.4) is 0 Å². The van der Waals surface area contributed by atoms with Crippen molar-refractivity contribution in [2.24, 2.45) is 0 Å². The molecule has 7 heteroatoms. The topological polar surface area (TPSA) is 75.5 Å². The van der Waals surface area contributed by atoms with Crippen molar-refractivity contribution < 1.29 is 9.53 Å². The Morgan fingerprint density at radius 2 is 1.88 bits per heavy atom. The van der Waals surface area contributed by atoms with Gasteiger partial charge in [-0.1, -0.05) is 30.3 Å². The van der Waals surface area contributed by atoms with Crippen LogP contribution in [0.2, 0.25) is 0 Å². The van der Waals surface area contributed by atoms with Gasteiger partial charge in [0.1, 0.15) is 23.8 Å². The summed E-state index contributed by atoms with van der Waals surface area (Å²) >= 11 is 0. The molecule has 32 heavy (non-hydrogen) atoms. The van der Waals surface area contributed by atoms with Crippen LogP contribution in [0.4, 0.5) is 0 Å². The van der Waals surface area contributed by atoms with Gasteiger partial charge in [0.05, 0.1) is 28.8 Å². The number of nitrogens with zero attached hydrogens (tertiary/aromatic N) is 4. The van der Waals surface area contributed by atoms with Gasteiger partial charge in [-0.15, -0.1) is 0 Å². The Kier molecular flexibility index (Phi) is 5.07. The highest BCUT2D eigenvalue weighted by atomic mass is 16.5. The van der Waals surface area contributed by atoms with Gasteiger partial charge < -0.3 is 19.0 Å². The quantitative estimate of drug-likeness (QED) is 0.438. The Morgan fingerprint density at radius 3 is 2.72 bits per heavy atom. The number of pyridine rings is 1. The highest BCUT2D eigenvalue weighted by molar-refractivity contribution is 5.96. The number of hydrogen-bond acceptors (Lipinski definition) is 4. The maximum atomic E-state index is 13.2. The molecular formula is C25H23N5O2. The van der Waals surface area contributed by atoms with E-state index in [2.05, 4.69) is 15.0 Å². The zero-order chi connectivity index (χ0) is 22.1. The summed E-state index contributed by atoms with van der Waals surface area (Å²) < 4.78 is 7.99. The minimum absolute atomic E-state index is 0.132. The van der Waals surface area contributed by atoms with Gasteiger partial charge in [-0.3, -0.25) is 4.79 Å². The zero-order valence-corrected chi connectivity index (χ0v) is 17.9. The Bertz CT molecular complexity index is 1390. The molecule has 0 fully saturated rings. The highest BCUT2D eigenvalue weighted by Crippen LogP contribution is 2.22. The number of aromatic nitrogens is 4. The first-order valence-corrected chi connectivity index (χ1v) is 10.4. The number of aryl methyl sites for hydroxylation is 1. The fraction of sp³-hybridized carbons (Fsp3) is 0.160. The molecule has 0 spiro atoms. The van der Waals surface area contributed by atoms with Gasteiger partial charge in [0.15, 0.2) is 0 Å². The molecule has 5 rings (SSSR count). The number of carbonyl (C=O) groups excluding carboxylic acids is 1. The van der Waals surface area contributed by atoms with Crippen molar-refractivity contribution in [3.8, 4) is 5.75 Å². The van der Waals surface area contributed by atoms with Crippen LogP contribution < -0.4 is 4.74 Å². The highest BCUT2D eigenvalue weighted by Gasteiger charge is 2.18. The average Bonchev–Trinajstić information content (AvgIpc) is 3.41. The molecule has 0 saturated heterocycles. The summed E-state index contributed by atoms with van der Waals surface area (Å²) in [4.78, 5) is 27.3. The van der Waals surface area contributed by atoms with Crippen molar-refractivity contribution in [1.82, 2.24) is 24.3 Å². The van der Waals surface area contributed by atoms with Gasteiger partial charge >= 0.3 is 0 Å². The first-order chi connectivity index (χ1) is 15.6. The Labute approximate surface area is 185 Å². The second-order valence-corrected chi connectivity index (χ2v) is 7.80. The van der Waals surface area contributed by atoms with Gasteiger partial charge in [-0.25, -0.2) is 9.97 Å². The van der Waals surface area contributed by atoms with Crippen LogP contribution in [-0.4, -0.2) is 37.2 Å². The third-order valence-electron chi connectivity index (χ3n) is 5.39. The number of rotatable bonds is 6. The molecule has 0 bridgehead atoms. The van der Waals surface area contributed by atoms with E-state index in [1.807, 2.05) is 78.3 Å². The number of imidazole rings is 2. The molecule has 3 aromatic heterocycles. The molecule has 3 heterocycles. The summed E-state index contributed by atoms with van der Waals surface area (Å²) in [5.41, 5.74) is 5.15. The largest absolute Gasteiger partial charge is 0.486 e. The fourth-order valence-corrected chi connectivity index (χ4v) is 3.78. The Morgan fingerprint density at radius 1 is 1.06 bits per heavy atom. The van der Waals surface area contributed by atoms with Crippen LogP contribution in [0.5, 0.6) is 5.75 Å². The van der Waals surface area contributed by atoms with Crippen LogP contribution in [0.15, 0.2) is 73.1 Å². The van der Waals surface area contributed by atoms with Gasteiger partial charge in [-0.05, 0) is 42.8 Å². The SMILES string of the molecule is Cc1cccn2cc(COc3ccccc3C(=O)N(C)Cc3nc4ccccc4[nH]3)nc12. The van der Waals surface area contributed by atoms with Crippen molar-refractivity contribution in [1.29, 1.82) is 0 Å². The number of H-pyrrole nitrogens is 1. The molecule has 0 unspecified atom stereocenters. The number of ether oxygens (including phenoxy) is 1. The van der Waals surface area contributed by atoms with E-state index < -0.39 is 0 Å². The number of carbonyl (C=O) groups is 1. The van der Waals surface area contributed by atoms with Crippen molar-refractivity contribution in [2.45, 2.75) is 20.1 Å². The number of amides is 1. The summed E-state index contributed by atoms with van der Waals surface area (Å²) in [6.07, 6.45) is 3.91. The molecule has 0 aliphatic heterocycles. The van der Waals surface area contributed by atoms with Crippen LogP contribution in [0, 0.1) is 6.92 Å². The molecule has 160 valence electrons. The van der Waals surface area contributed by atoms with Crippen LogP contribution >= 0.6 is 0 Å². The molecule has 0 atom stereocenters. The number of benzene rings is 2. The van der Waals surface area contributed by atoms with E-state index >= 15 is 0 Å². The van der Waals surface area contributed by atoms with Gasteiger partial charge in [0.2, 0.25) is 0 Å². The maximum Gasteiger partial charge on any atom is 0.257 e.